The number of hydrogen-bond acceptors (Lipinski definition) is 4. The molecule has 2 aromatic rings. The summed E-state index contributed by atoms with van der Waals surface area (Å²) in [6, 6.07) is 7.37. The number of pyridine rings is 1. The zero-order chi connectivity index (χ0) is 16.8. The number of hydrogen-bond donors (Lipinski definition) is 1. The maximum atomic E-state index is 12.2. The lowest BCUT2D eigenvalue weighted by Crippen LogP contribution is -2.33. The van der Waals surface area contributed by atoms with Crippen LogP contribution in [0.4, 0.5) is 0 Å². The minimum atomic E-state index is -0.138. The second-order valence-electron chi connectivity index (χ2n) is 5.90. The molecule has 2 aromatic heterocycles. The molecular formula is C18H22N2O2S. The Morgan fingerprint density at radius 2 is 2.00 bits per heavy atom. The van der Waals surface area contributed by atoms with Crippen LogP contribution in [0.15, 0.2) is 35.8 Å². The first-order valence-electron chi connectivity index (χ1n) is 7.76. The summed E-state index contributed by atoms with van der Waals surface area (Å²) in [6.45, 7) is 6.09. The van der Waals surface area contributed by atoms with Crippen LogP contribution >= 0.6 is 11.3 Å². The van der Waals surface area contributed by atoms with Gasteiger partial charge in [-0.25, -0.2) is 0 Å². The van der Waals surface area contributed by atoms with Gasteiger partial charge in [0.2, 0.25) is 5.91 Å². The Kier molecular flexibility index (Phi) is 6.04. The lowest BCUT2D eigenvalue weighted by Gasteiger charge is -2.23. The van der Waals surface area contributed by atoms with Crippen LogP contribution < -0.4 is 5.32 Å². The predicted octanol–water partition coefficient (Wildman–Crippen LogP) is 3.93. The van der Waals surface area contributed by atoms with Crippen molar-refractivity contribution in [3.63, 3.8) is 0 Å². The Bertz CT molecular complexity index is 665. The number of carbonyl (C=O) groups is 2. The van der Waals surface area contributed by atoms with Crippen LogP contribution in [0.25, 0.3) is 0 Å². The van der Waals surface area contributed by atoms with E-state index in [2.05, 4.69) is 24.1 Å². The van der Waals surface area contributed by atoms with Crippen LogP contribution in [0.2, 0.25) is 0 Å². The predicted molar refractivity (Wildman–Crippen MR) is 92.6 cm³/mol. The topological polar surface area (TPSA) is 59.1 Å². The highest BCUT2D eigenvalue weighted by Crippen LogP contribution is 2.23. The lowest BCUT2D eigenvalue weighted by atomic mass is 9.97. The van der Waals surface area contributed by atoms with Crippen molar-refractivity contribution in [1.82, 2.24) is 10.3 Å². The second-order valence-corrected chi connectivity index (χ2v) is 6.84. The number of aryl methyl sites for hydroxylation is 1. The van der Waals surface area contributed by atoms with E-state index in [-0.39, 0.29) is 36.5 Å². The molecule has 0 aliphatic rings. The molecule has 1 N–H and O–H groups in total. The van der Waals surface area contributed by atoms with Crippen LogP contribution in [-0.4, -0.2) is 16.7 Å². The molecule has 122 valence electrons. The van der Waals surface area contributed by atoms with E-state index < -0.39 is 0 Å². The van der Waals surface area contributed by atoms with Gasteiger partial charge in [0.05, 0.1) is 16.6 Å². The molecule has 0 aromatic carbocycles. The van der Waals surface area contributed by atoms with Gasteiger partial charge >= 0.3 is 0 Å². The summed E-state index contributed by atoms with van der Waals surface area (Å²) in [6.07, 6.45) is 2.17. The summed E-state index contributed by atoms with van der Waals surface area (Å²) in [4.78, 5) is 29.3. The van der Waals surface area contributed by atoms with Gasteiger partial charge in [-0.05, 0) is 35.9 Å². The molecule has 0 bridgehead atoms. The summed E-state index contributed by atoms with van der Waals surface area (Å²) in [7, 11) is 0. The Labute approximate surface area is 141 Å². The van der Waals surface area contributed by atoms with Crippen molar-refractivity contribution in [2.75, 3.05) is 0 Å². The van der Waals surface area contributed by atoms with Crippen molar-refractivity contribution in [2.45, 2.75) is 39.7 Å². The van der Waals surface area contributed by atoms with Crippen molar-refractivity contribution in [3.05, 3.63) is 52.0 Å². The van der Waals surface area contributed by atoms with Gasteiger partial charge < -0.3 is 5.32 Å². The molecule has 4 nitrogen and oxygen atoms in total. The van der Waals surface area contributed by atoms with Gasteiger partial charge in [0.1, 0.15) is 0 Å². The average Bonchev–Trinajstić information content (AvgIpc) is 3.05. The molecule has 5 heteroatoms. The van der Waals surface area contributed by atoms with Gasteiger partial charge in [-0.3, -0.25) is 14.6 Å². The van der Waals surface area contributed by atoms with Gasteiger partial charge in [0.15, 0.2) is 5.78 Å². The Hall–Kier alpha value is -2.01. The van der Waals surface area contributed by atoms with E-state index >= 15 is 0 Å². The number of rotatable bonds is 7. The number of nitrogens with zero attached hydrogens (tertiary/aromatic N) is 1. The highest BCUT2D eigenvalue weighted by Gasteiger charge is 2.21. The van der Waals surface area contributed by atoms with Crippen LogP contribution in [0, 0.1) is 12.8 Å². The highest BCUT2D eigenvalue weighted by atomic mass is 32.1. The number of ketones is 1. The number of Topliss-reactive ketones (excluding diaryl/α,β-unsaturated/α-hetero) is 1. The van der Waals surface area contributed by atoms with Crippen molar-refractivity contribution in [3.8, 4) is 0 Å². The molecule has 23 heavy (non-hydrogen) atoms. The fourth-order valence-electron chi connectivity index (χ4n) is 2.41. The monoisotopic (exact) mass is 330 g/mol. The van der Waals surface area contributed by atoms with E-state index in [1.807, 2.05) is 30.5 Å². The highest BCUT2D eigenvalue weighted by molar-refractivity contribution is 7.12. The normalized spacial score (nSPS) is 12.2. The molecule has 0 saturated heterocycles. The van der Waals surface area contributed by atoms with E-state index in [1.165, 1.54) is 11.3 Å². The fraction of sp³-hybridized carbons (Fsp3) is 0.389. The quantitative estimate of drug-likeness (QED) is 0.783. The molecule has 0 aliphatic carbocycles. The van der Waals surface area contributed by atoms with Crippen LogP contribution in [0.3, 0.4) is 0 Å². The van der Waals surface area contributed by atoms with Gasteiger partial charge in [-0.2, -0.15) is 0 Å². The molecule has 1 atom stereocenters. The Morgan fingerprint density at radius 1 is 1.22 bits per heavy atom. The molecular weight excluding hydrogens is 308 g/mol. The molecule has 0 saturated carbocycles. The third kappa shape index (κ3) is 4.73. The van der Waals surface area contributed by atoms with Crippen LogP contribution in [0.5, 0.6) is 0 Å². The van der Waals surface area contributed by atoms with Crippen molar-refractivity contribution in [1.29, 1.82) is 0 Å². The maximum absolute atomic E-state index is 12.2. The molecule has 2 rings (SSSR count). The van der Waals surface area contributed by atoms with E-state index in [0.717, 1.165) is 11.3 Å². The number of nitrogens with one attached hydrogen (secondary N) is 1. The molecule has 0 aliphatic heterocycles. The molecule has 0 unspecified atom stereocenters. The van der Waals surface area contributed by atoms with E-state index in [0.29, 0.717) is 4.88 Å². The SMILES string of the molecule is Cc1cccnc1[C@H](NC(=O)CCC(=O)c1cccs1)C(C)C. The standard InChI is InChI=1S/C18H22N2O2S/c1-12(2)17(18-13(3)6-4-10-19-18)20-16(22)9-8-14(21)15-7-5-11-23-15/h4-7,10-12,17H,8-9H2,1-3H3,(H,20,22)/t17-/m1/s1. The summed E-state index contributed by atoms with van der Waals surface area (Å²) in [5.41, 5.74) is 1.95. The summed E-state index contributed by atoms with van der Waals surface area (Å²) >= 11 is 1.41. The number of thiophene rings is 1. The average molecular weight is 330 g/mol. The number of carbonyl (C=O) groups excluding carboxylic acids is 2. The molecule has 1 amide bonds. The number of amides is 1. The summed E-state index contributed by atoms with van der Waals surface area (Å²) in [5, 5.41) is 4.89. The smallest absolute Gasteiger partial charge is 0.220 e. The van der Waals surface area contributed by atoms with E-state index in [1.54, 1.807) is 12.3 Å². The Balaban J connectivity index is 1.96. The third-order valence-corrected chi connectivity index (χ3v) is 4.61. The first-order chi connectivity index (χ1) is 11.0. The fourth-order valence-corrected chi connectivity index (χ4v) is 3.10. The largest absolute Gasteiger partial charge is 0.347 e. The molecule has 0 spiro atoms. The van der Waals surface area contributed by atoms with Gasteiger partial charge in [0.25, 0.3) is 0 Å². The summed E-state index contributed by atoms with van der Waals surface area (Å²) in [5.74, 6) is 0.129. The first-order valence-corrected chi connectivity index (χ1v) is 8.64. The minimum Gasteiger partial charge on any atom is -0.347 e. The van der Waals surface area contributed by atoms with Crippen LogP contribution in [0.1, 0.15) is 53.7 Å². The van der Waals surface area contributed by atoms with Gasteiger partial charge in [-0.1, -0.05) is 26.0 Å². The third-order valence-electron chi connectivity index (χ3n) is 3.70. The lowest BCUT2D eigenvalue weighted by molar-refractivity contribution is -0.122. The molecule has 0 fully saturated rings. The van der Waals surface area contributed by atoms with Gasteiger partial charge in [0, 0.05) is 19.0 Å². The molecule has 2 heterocycles. The van der Waals surface area contributed by atoms with Crippen molar-refractivity contribution < 1.29 is 9.59 Å². The summed E-state index contributed by atoms with van der Waals surface area (Å²) < 4.78 is 0. The van der Waals surface area contributed by atoms with Gasteiger partial charge in [-0.15, -0.1) is 11.3 Å². The maximum Gasteiger partial charge on any atom is 0.220 e. The van der Waals surface area contributed by atoms with Crippen LogP contribution in [-0.2, 0) is 4.79 Å². The van der Waals surface area contributed by atoms with E-state index in [9.17, 15) is 9.59 Å². The zero-order valence-corrected chi connectivity index (χ0v) is 14.5. The second kappa shape index (κ2) is 8.02. The minimum absolute atomic E-state index is 0.0188. The van der Waals surface area contributed by atoms with Crippen molar-refractivity contribution in [2.24, 2.45) is 5.92 Å². The molecule has 0 radical (unpaired) electrons. The first kappa shape index (κ1) is 17.3. The van der Waals surface area contributed by atoms with Crippen molar-refractivity contribution >= 4 is 23.0 Å². The number of aromatic nitrogens is 1. The zero-order valence-electron chi connectivity index (χ0n) is 13.7. The Morgan fingerprint density at radius 3 is 2.61 bits per heavy atom. The van der Waals surface area contributed by atoms with E-state index in [4.69, 9.17) is 0 Å².